The second kappa shape index (κ2) is 21.5. The molecule has 0 bridgehead atoms. The molecule has 0 aliphatic heterocycles. The summed E-state index contributed by atoms with van der Waals surface area (Å²) < 4.78 is 16.9. The van der Waals surface area contributed by atoms with Crippen LogP contribution in [0.2, 0.25) is 0 Å². The van der Waals surface area contributed by atoms with Gasteiger partial charge in [-0.3, -0.25) is 0 Å². The summed E-state index contributed by atoms with van der Waals surface area (Å²) in [5.74, 6) is 0.973. The van der Waals surface area contributed by atoms with Crippen molar-refractivity contribution in [1.82, 2.24) is 0 Å². The molecular weight excluding hydrogens is 649 g/mol. The Labute approximate surface area is 288 Å². The third kappa shape index (κ3) is 18.0. The van der Waals surface area contributed by atoms with Crippen LogP contribution in [0.15, 0.2) is 24.3 Å². The average molecular weight is 712 g/mol. The van der Waals surface area contributed by atoms with E-state index in [0.29, 0.717) is 11.5 Å². The van der Waals surface area contributed by atoms with Gasteiger partial charge in [0.05, 0.1) is 0 Å². The van der Waals surface area contributed by atoms with Crippen molar-refractivity contribution in [3.63, 3.8) is 0 Å². The fourth-order valence-electron chi connectivity index (χ4n) is 4.73. The van der Waals surface area contributed by atoms with Crippen LogP contribution < -0.4 is 0 Å². The summed E-state index contributed by atoms with van der Waals surface area (Å²) in [5, 5.41) is 21.2. The average Bonchev–Trinajstić information content (AvgIpc) is 2.86. The standard InChI is InChI=1S/2C18H30O.Ni.2HO2P/c2*1-8-9-10-13-11-14(17(2,3)4)16(19)15(12-13)18(5,6)7;;2*1-3-2/h2*11-12,19H,8-10H2,1-7H3;;2*(H,1,2)/q;;+2;;. The molecule has 0 aliphatic carbocycles. The maximum Gasteiger partial charge on any atom is 2.00 e. The largest absolute Gasteiger partial charge is 2.00 e. The predicted octanol–water partition coefficient (Wildman–Crippen LogP) is 11.0. The zero-order valence-electron chi connectivity index (χ0n) is 30.4. The molecule has 0 fully saturated rings. The first kappa shape index (κ1) is 48.1. The molecule has 4 N–H and O–H groups in total. The van der Waals surface area contributed by atoms with E-state index in [0.717, 1.165) is 35.1 Å². The van der Waals surface area contributed by atoms with Crippen molar-refractivity contribution in [2.24, 2.45) is 0 Å². The summed E-state index contributed by atoms with van der Waals surface area (Å²) in [6.45, 7) is 30.4. The van der Waals surface area contributed by atoms with E-state index < -0.39 is 17.4 Å². The van der Waals surface area contributed by atoms with Crippen LogP contribution >= 0.6 is 17.4 Å². The third-order valence-corrected chi connectivity index (χ3v) is 7.21. The molecular formula is C36H62NiO6P2+2. The molecule has 2 aromatic rings. The summed E-state index contributed by atoms with van der Waals surface area (Å²) in [5.41, 5.74) is 6.93. The number of aryl methyl sites for hydroxylation is 2. The molecule has 0 aliphatic rings. The molecule has 0 unspecified atom stereocenters. The molecule has 0 spiro atoms. The predicted molar refractivity (Wildman–Crippen MR) is 188 cm³/mol. The molecule has 45 heavy (non-hydrogen) atoms. The second-order valence-electron chi connectivity index (χ2n) is 15.4. The number of unbranched alkanes of at least 4 members (excludes halogenated alkanes) is 2. The number of hydrogen-bond acceptors (Lipinski definition) is 4. The monoisotopic (exact) mass is 710 g/mol. The topological polar surface area (TPSA) is 115 Å². The minimum Gasteiger partial charge on any atom is -0.507 e. The van der Waals surface area contributed by atoms with Gasteiger partial charge in [-0.15, -0.1) is 0 Å². The molecule has 0 radical (unpaired) electrons. The van der Waals surface area contributed by atoms with Gasteiger partial charge in [-0.1, -0.05) is 134 Å². The first-order valence-corrected chi connectivity index (χ1v) is 17.2. The van der Waals surface area contributed by atoms with Gasteiger partial charge < -0.3 is 20.0 Å². The Morgan fingerprint density at radius 2 is 0.689 bits per heavy atom. The molecule has 0 aromatic heterocycles. The van der Waals surface area contributed by atoms with Crippen LogP contribution in [0.5, 0.6) is 11.5 Å². The molecule has 260 valence electrons. The second-order valence-corrected chi connectivity index (χ2v) is 15.8. The van der Waals surface area contributed by atoms with Gasteiger partial charge >= 0.3 is 33.9 Å². The first-order chi connectivity index (χ1) is 20.0. The summed E-state index contributed by atoms with van der Waals surface area (Å²) >= 11 is 0. The van der Waals surface area contributed by atoms with E-state index >= 15 is 0 Å². The van der Waals surface area contributed by atoms with Crippen molar-refractivity contribution in [3.05, 3.63) is 57.6 Å². The number of rotatable bonds is 6. The van der Waals surface area contributed by atoms with Crippen LogP contribution in [0, 0.1) is 0 Å². The van der Waals surface area contributed by atoms with Crippen molar-refractivity contribution in [1.29, 1.82) is 0 Å². The number of benzene rings is 2. The molecule has 2 rings (SSSR count). The van der Waals surface area contributed by atoms with Crippen molar-refractivity contribution < 1.29 is 45.6 Å². The minimum atomic E-state index is -0.833. The molecule has 0 heterocycles. The fourth-order valence-corrected chi connectivity index (χ4v) is 4.73. The molecule has 6 nitrogen and oxygen atoms in total. The summed E-state index contributed by atoms with van der Waals surface area (Å²) in [6.07, 6.45) is 7.02. The molecule has 9 heteroatoms. The van der Waals surface area contributed by atoms with Crippen LogP contribution in [0.4, 0.5) is 0 Å². The van der Waals surface area contributed by atoms with E-state index in [-0.39, 0.29) is 38.2 Å². The maximum absolute atomic E-state index is 10.6. The van der Waals surface area contributed by atoms with Gasteiger partial charge in [0.25, 0.3) is 0 Å². The molecule has 0 saturated carbocycles. The van der Waals surface area contributed by atoms with Crippen LogP contribution in [-0.2, 0) is 60.1 Å². The SMILES string of the molecule is CCCCc1cc(C(C)(C)C)c(O)c(C(C)(C)C)c1.CCCCc1cc(C(C)(C)C)c(O)c(C(C)(C)C)c1.O=PO.O=PO.[Ni+2]. The van der Waals surface area contributed by atoms with Gasteiger partial charge in [0.2, 0.25) is 0 Å². The third-order valence-electron chi connectivity index (χ3n) is 7.21. The van der Waals surface area contributed by atoms with E-state index in [4.69, 9.17) is 18.9 Å². The number of aromatic hydroxyl groups is 2. The Bertz CT molecular complexity index is 993. The smallest absolute Gasteiger partial charge is 0.507 e. The zero-order valence-corrected chi connectivity index (χ0v) is 33.1. The Hall–Kier alpha value is -1.35. The van der Waals surface area contributed by atoms with Gasteiger partial charge in [0.1, 0.15) is 11.5 Å². The zero-order chi connectivity index (χ0) is 35.1. The number of phenolic OH excluding ortho intramolecular Hbond substituents is 2. The summed E-state index contributed by atoms with van der Waals surface area (Å²) in [7, 11) is -1.67. The Kier molecular flexibility index (Phi) is 23.0. The first-order valence-electron chi connectivity index (χ1n) is 15.6. The molecule has 2 aromatic carbocycles. The maximum atomic E-state index is 10.6. The van der Waals surface area contributed by atoms with Crippen LogP contribution in [0.3, 0.4) is 0 Å². The quantitative estimate of drug-likeness (QED) is 0.175. The normalized spacial score (nSPS) is 11.7. The molecule has 0 atom stereocenters. The van der Waals surface area contributed by atoms with E-state index in [1.54, 1.807) is 0 Å². The van der Waals surface area contributed by atoms with Gasteiger partial charge in [-0.25, -0.2) is 9.13 Å². The van der Waals surface area contributed by atoms with E-state index in [9.17, 15) is 10.2 Å². The Balaban J connectivity index is -0.000000654. The van der Waals surface area contributed by atoms with Crippen LogP contribution in [-0.4, -0.2) is 20.0 Å². The molecule has 0 saturated heterocycles. The summed E-state index contributed by atoms with van der Waals surface area (Å²) in [4.78, 5) is 14.0. The van der Waals surface area contributed by atoms with E-state index in [1.165, 1.54) is 36.8 Å². The Morgan fingerprint density at radius 1 is 0.511 bits per heavy atom. The van der Waals surface area contributed by atoms with Gasteiger partial charge in [0.15, 0.2) is 0 Å². The van der Waals surface area contributed by atoms with Crippen LogP contribution in [0.1, 0.15) is 156 Å². The van der Waals surface area contributed by atoms with Gasteiger partial charge in [0, 0.05) is 0 Å². The fraction of sp³-hybridized carbons (Fsp3) is 0.667. The Morgan fingerprint density at radius 3 is 0.822 bits per heavy atom. The minimum absolute atomic E-state index is 0. The van der Waals surface area contributed by atoms with Crippen LogP contribution in [0.25, 0.3) is 0 Å². The van der Waals surface area contributed by atoms with Crippen molar-refractivity contribution >= 4 is 17.4 Å². The van der Waals surface area contributed by atoms with Crippen molar-refractivity contribution in [2.75, 3.05) is 0 Å². The van der Waals surface area contributed by atoms with E-state index in [1.807, 2.05) is 0 Å². The van der Waals surface area contributed by atoms with E-state index in [2.05, 4.69) is 121 Å². The van der Waals surface area contributed by atoms with Crippen molar-refractivity contribution in [3.8, 4) is 11.5 Å². The number of phenols is 2. The summed E-state index contributed by atoms with van der Waals surface area (Å²) in [6, 6.07) is 8.78. The number of hydrogen-bond donors (Lipinski definition) is 4. The van der Waals surface area contributed by atoms with Crippen molar-refractivity contribution in [2.45, 2.75) is 157 Å². The molecule has 0 amide bonds. The van der Waals surface area contributed by atoms with Gasteiger partial charge in [-0.2, -0.15) is 0 Å². The van der Waals surface area contributed by atoms with Gasteiger partial charge in [-0.05, 0) is 80.7 Å².